The Morgan fingerprint density at radius 1 is 0.774 bits per heavy atom. The third kappa shape index (κ3) is 7.67. The molecule has 0 saturated carbocycles. The van der Waals surface area contributed by atoms with Gasteiger partial charge in [0, 0.05) is 75.6 Å². The second-order valence-electron chi connectivity index (χ2n) is 6.93. The van der Waals surface area contributed by atoms with E-state index in [4.69, 9.17) is 4.18 Å². The Morgan fingerprint density at radius 2 is 1.29 bits per heavy atom. The first-order chi connectivity index (χ1) is 15.1. The fourth-order valence-electron chi connectivity index (χ4n) is 3.44. The van der Waals surface area contributed by atoms with Crippen LogP contribution in [-0.4, -0.2) is 74.1 Å². The summed E-state index contributed by atoms with van der Waals surface area (Å²) in [6, 6.07) is 11.5. The van der Waals surface area contributed by atoms with Crippen LogP contribution < -0.4 is 4.90 Å². The maximum Gasteiger partial charge on any atom is 0.297 e. The van der Waals surface area contributed by atoms with Crippen molar-refractivity contribution in [3.05, 3.63) is 36.4 Å². The Hall–Kier alpha value is -0.190. The molecular weight excluding hydrogens is 487 g/mol. The Balaban J connectivity index is 1.85. The maximum absolute atomic E-state index is 12.6. The van der Waals surface area contributed by atoms with E-state index in [1.54, 1.807) is 13.0 Å². The van der Waals surface area contributed by atoms with Crippen molar-refractivity contribution in [2.24, 2.45) is 0 Å². The molecule has 1 heterocycles. The molecule has 1 aliphatic heterocycles. The number of nitrogens with zero attached hydrogens (tertiary/aromatic N) is 1. The largest absolute Gasteiger partial charge is 0.369 e. The number of rotatable bonds is 4. The topological polar surface area (TPSA) is 46.6 Å². The van der Waals surface area contributed by atoms with Gasteiger partial charge in [0.15, 0.2) is 0 Å². The summed E-state index contributed by atoms with van der Waals surface area (Å²) >= 11 is 8.14. The van der Waals surface area contributed by atoms with Crippen LogP contribution in [0.3, 0.4) is 0 Å². The lowest BCUT2D eigenvalue weighted by molar-refractivity contribution is 0.338. The molecule has 0 amide bonds. The normalized spacial score (nSPS) is 18.4. The standard InChI is InChI=1S/C22H31NO3S5/c1-2-26-31(24,25)22-8-4-5-19-20(22)6-3-7-21(19)23-9-11-27-13-15-29-17-18-30-16-14-28-12-10-23/h3-8H,2,9-18H2,1H3. The minimum atomic E-state index is -3.76. The minimum Gasteiger partial charge on any atom is -0.369 e. The van der Waals surface area contributed by atoms with Crippen LogP contribution in [0.2, 0.25) is 0 Å². The van der Waals surface area contributed by atoms with Crippen molar-refractivity contribution in [3.8, 4) is 0 Å². The smallest absolute Gasteiger partial charge is 0.297 e. The highest BCUT2D eigenvalue weighted by molar-refractivity contribution is 8.05. The van der Waals surface area contributed by atoms with Gasteiger partial charge in [-0.15, -0.1) is 0 Å². The Kier molecular flexibility index (Phi) is 11.1. The maximum atomic E-state index is 12.6. The molecule has 31 heavy (non-hydrogen) atoms. The molecule has 1 aliphatic rings. The fourth-order valence-corrected chi connectivity index (χ4v) is 8.91. The zero-order chi connectivity index (χ0) is 21.9. The number of hydrogen-bond donors (Lipinski definition) is 0. The molecule has 9 heteroatoms. The van der Waals surface area contributed by atoms with Crippen molar-refractivity contribution < 1.29 is 12.6 Å². The molecule has 0 atom stereocenters. The van der Waals surface area contributed by atoms with Crippen LogP contribution >= 0.6 is 47.0 Å². The molecule has 0 unspecified atom stereocenters. The highest BCUT2D eigenvalue weighted by Gasteiger charge is 2.20. The SMILES string of the molecule is CCOS(=O)(=O)c1cccc2c(N3CCSCCSCCSCCSCC3)cccc12. The molecule has 0 aromatic heterocycles. The van der Waals surface area contributed by atoms with Crippen LogP contribution in [0.15, 0.2) is 41.3 Å². The summed E-state index contributed by atoms with van der Waals surface area (Å²) in [4.78, 5) is 2.68. The van der Waals surface area contributed by atoms with Crippen molar-refractivity contribution in [1.29, 1.82) is 0 Å². The van der Waals surface area contributed by atoms with Gasteiger partial charge in [-0.2, -0.15) is 55.5 Å². The van der Waals surface area contributed by atoms with Gasteiger partial charge in [0.25, 0.3) is 10.1 Å². The van der Waals surface area contributed by atoms with E-state index in [1.165, 1.54) is 34.5 Å². The molecular formula is C22H31NO3S5. The first-order valence-corrected chi connectivity index (χ1v) is 16.6. The number of anilines is 1. The molecule has 2 aromatic carbocycles. The lowest BCUT2D eigenvalue weighted by Crippen LogP contribution is -2.29. The second-order valence-corrected chi connectivity index (χ2v) is 13.4. The van der Waals surface area contributed by atoms with Gasteiger partial charge in [0.2, 0.25) is 0 Å². The van der Waals surface area contributed by atoms with Gasteiger partial charge in [0.1, 0.15) is 4.90 Å². The van der Waals surface area contributed by atoms with Crippen LogP contribution in [0.5, 0.6) is 0 Å². The Bertz CT molecular complexity index is 907. The van der Waals surface area contributed by atoms with E-state index in [-0.39, 0.29) is 11.5 Å². The van der Waals surface area contributed by atoms with Crippen LogP contribution in [-0.2, 0) is 14.3 Å². The van der Waals surface area contributed by atoms with E-state index >= 15 is 0 Å². The predicted molar refractivity (Wildman–Crippen MR) is 144 cm³/mol. The summed E-state index contributed by atoms with van der Waals surface area (Å²) in [5, 5.41) is 1.71. The summed E-state index contributed by atoms with van der Waals surface area (Å²) in [6.45, 7) is 3.76. The highest BCUT2D eigenvalue weighted by Crippen LogP contribution is 2.32. The molecule has 0 aliphatic carbocycles. The van der Waals surface area contributed by atoms with Gasteiger partial charge < -0.3 is 4.90 Å². The van der Waals surface area contributed by atoms with Crippen LogP contribution in [0.25, 0.3) is 10.8 Å². The van der Waals surface area contributed by atoms with Gasteiger partial charge in [-0.05, 0) is 19.1 Å². The second kappa shape index (κ2) is 13.5. The molecule has 3 rings (SSSR count). The van der Waals surface area contributed by atoms with Gasteiger partial charge in [-0.25, -0.2) is 0 Å². The van der Waals surface area contributed by atoms with E-state index in [9.17, 15) is 8.42 Å². The number of thioether (sulfide) groups is 4. The molecule has 0 N–H and O–H groups in total. The van der Waals surface area contributed by atoms with Gasteiger partial charge in [-0.1, -0.05) is 24.3 Å². The summed E-state index contributed by atoms with van der Waals surface area (Å²) in [6.07, 6.45) is 0. The summed E-state index contributed by atoms with van der Waals surface area (Å²) in [5.41, 5.74) is 1.11. The van der Waals surface area contributed by atoms with Crippen LogP contribution in [0.4, 0.5) is 5.69 Å². The Labute approximate surface area is 204 Å². The van der Waals surface area contributed by atoms with Crippen molar-refractivity contribution >= 4 is 73.6 Å². The van der Waals surface area contributed by atoms with Crippen molar-refractivity contribution in [1.82, 2.24) is 0 Å². The van der Waals surface area contributed by atoms with Gasteiger partial charge in [-0.3, -0.25) is 4.18 Å². The van der Waals surface area contributed by atoms with Crippen molar-refractivity contribution in [2.75, 3.05) is 70.6 Å². The lowest BCUT2D eigenvalue weighted by atomic mass is 10.1. The third-order valence-electron chi connectivity index (χ3n) is 4.87. The van der Waals surface area contributed by atoms with Crippen LogP contribution in [0.1, 0.15) is 6.92 Å². The molecule has 172 valence electrons. The van der Waals surface area contributed by atoms with E-state index in [2.05, 4.69) is 34.5 Å². The molecule has 2 aromatic rings. The zero-order valence-corrected chi connectivity index (χ0v) is 22.0. The third-order valence-corrected chi connectivity index (χ3v) is 11.0. The molecule has 0 radical (unpaired) electrons. The lowest BCUT2D eigenvalue weighted by Gasteiger charge is -2.26. The predicted octanol–water partition coefficient (Wildman–Crippen LogP) is 5.32. The quantitative estimate of drug-likeness (QED) is 0.505. The highest BCUT2D eigenvalue weighted by atomic mass is 32.2. The molecule has 0 bridgehead atoms. The summed E-state index contributed by atoms with van der Waals surface area (Å²) in [5.74, 6) is 9.46. The van der Waals surface area contributed by atoms with Crippen LogP contribution in [0, 0.1) is 0 Å². The van der Waals surface area contributed by atoms with Gasteiger partial charge >= 0.3 is 0 Å². The number of hydrogen-bond acceptors (Lipinski definition) is 8. The van der Waals surface area contributed by atoms with E-state index in [0.29, 0.717) is 0 Å². The average molecular weight is 518 g/mol. The van der Waals surface area contributed by atoms with Gasteiger partial charge in [0.05, 0.1) is 6.61 Å². The molecule has 4 nitrogen and oxygen atoms in total. The minimum absolute atomic E-state index is 0.134. The molecule has 1 saturated heterocycles. The van der Waals surface area contributed by atoms with E-state index < -0.39 is 10.1 Å². The van der Waals surface area contributed by atoms with Crippen molar-refractivity contribution in [2.45, 2.75) is 11.8 Å². The number of fused-ring (bicyclic) bond motifs is 1. The molecule has 0 spiro atoms. The monoisotopic (exact) mass is 517 g/mol. The summed E-state index contributed by atoms with van der Waals surface area (Å²) in [7, 11) is -3.76. The number of benzene rings is 2. The average Bonchev–Trinajstić information content (AvgIpc) is 2.77. The van der Waals surface area contributed by atoms with E-state index in [0.717, 1.165) is 41.1 Å². The van der Waals surface area contributed by atoms with Crippen molar-refractivity contribution in [3.63, 3.8) is 0 Å². The van der Waals surface area contributed by atoms with E-state index in [1.807, 2.05) is 47.8 Å². The molecule has 1 fully saturated rings. The zero-order valence-electron chi connectivity index (χ0n) is 18.0. The summed E-state index contributed by atoms with van der Waals surface area (Å²) < 4.78 is 30.3. The Morgan fingerprint density at radius 3 is 1.87 bits per heavy atom. The first-order valence-electron chi connectivity index (χ1n) is 10.6. The first kappa shape index (κ1) is 25.4. The fraction of sp³-hybridized carbons (Fsp3) is 0.545.